The van der Waals surface area contributed by atoms with Crippen molar-refractivity contribution in [3.05, 3.63) is 20.8 Å². The lowest BCUT2D eigenvalue weighted by atomic mass is 9.93. The van der Waals surface area contributed by atoms with Gasteiger partial charge in [-0.1, -0.05) is 0 Å². The molecule has 16 heavy (non-hydrogen) atoms. The van der Waals surface area contributed by atoms with Crippen molar-refractivity contribution in [1.82, 2.24) is 0 Å². The highest BCUT2D eigenvalue weighted by Gasteiger charge is 2.40. The molecule has 1 aromatic heterocycles. The van der Waals surface area contributed by atoms with Gasteiger partial charge in [0.15, 0.2) is 5.78 Å². The van der Waals surface area contributed by atoms with E-state index in [1.165, 1.54) is 0 Å². The maximum absolute atomic E-state index is 12.3. The Hall–Kier alpha value is -0.190. The molecule has 2 nitrogen and oxygen atoms in total. The van der Waals surface area contributed by atoms with Gasteiger partial charge in [0.05, 0.1) is 0 Å². The number of thiophene rings is 1. The van der Waals surface area contributed by atoms with Gasteiger partial charge in [-0.25, -0.2) is 0 Å². The van der Waals surface area contributed by atoms with Crippen LogP contribution in [0.3, 0.4) is 0 Å². The van der Waals surface area contributed by atoms with E-state index >= 15 is 0 Å². The Labute approximate surface area is 108 Å². The van der Waals surface area contributed by atoms with Gasteiger partial charge in [-0.3, -0.25) is 4.79 Å². The number of ether oxygens (including phenoxy) is 1. The molecule has 0 aromatic carbocycles. The van der Waals surface area contributed by atoms with E-state index < -0.39 is 5.60 Å². The first-order chi connectivity index (χ1) is 7.68. The molecule has 1 fully saturated rings. The predicted molar refractivity (Wildman–Crippen MR) is 68.9 cm³/mol. The minimum absolute atomic E-state index is 0.232. The van der Waals surface area contributed by atoms with Gasteiger partial charge >= 0.3 is 0 Å². The largest absolute Gasteiger partial charge is 0.370 e. The molecule has 0 spiro atoms. The fourth-order valence-electron chi connectivity index (χ4n) is 2.30. The van der Waals surface area contributed by atoms with Gasteiger partial charge in [0.1, 0.15) is 5.60 Å². The molecule has 0 atom stereocenters. The summed E-state index contributed by atoms with van der Waals surface area (Å²) in [7, 11) is 1.66. The van der Waals surface area contributed by atoms with Crippen LogP contribution < -0.4 is 0 Å². The first-order valence-corrected chi connectivity index (χ1v) is 7.15. The molecule has 1 heterocycles. The van der Waals surface area contributed by atoms with Crippen LogP contribution in [0.1, 0.15) is 30.6 Å². The van der Waals surface area contributed by atoms with Gasteiger partial charge in [0.2, 0.25) is 0 Å². The fraction of sp³-hybridized carbons (Fsp3) is 0.583. The lowest BCUT2D eigenvalue weighted by Crippen LogP contribution is -2.38. The molecular formula is C12H15BrO2S. The predicted octanol–water partition coefficient (Wildman–Crippen LogP) is 3.58. The number of hydrogen-bond donors (Lipinski definition) is 0. The zero-order valence-corrected chi connectivity index (χ0v) is 11.7. The summed E-state index contributed by atoms with van der Waals surface area (Å²) < 4.78 is 6.53. The Bertz CT molecular complexity index is 380. The second kappa shape index (κ2) is 4.98. The minimum atomic E-state index is -0.497. The van der Waals surface area contributed by atoms with Crippen LogP contribution in [0.15, 0.2) is 15.9 Å². The summed E-state index contributed by atoms with van der Waals surface area (Å²) in [5.41, 5.74) is -0.497. The number of hydrogen-bond acceptors (Lipinski definition) is 3. The van der Waals surface area contributed by atoms with E-state index in [0.29, 0.717) is 6.42 Å². The molecule has 1 aliphatic carbocycles. The molecule has 4 heteroatoms. The molecule has 1 saturated carbocycles. The van der Waals surface area contributed by atoms with E-state index in [0.717, 1.165) is 35.0 Å². The van der Waals surface area contributed by atoms with E-state index in [4.69, 9.17) is 4.74 Å². The summed E-state index contributed by atoms with van der Waals surface area (Å²) in [6.07, 6.45) is 4.46. The molecule has 0 saturated heterocycles. The van der Waals surface area contributed by atoms with Crippen molar-refractivity contribution in [3.8, 4) is 0 Å². The van der Waals surface area contributed by atoms with Crippen molar-refractivity contribution in [2.24, 2.45) is 0 Å². The Balaban J connectivity index is 2.10. The molecule has 2 rings (SSSR count). The number of ketones is 1. The monoisotopic (exact) mass is 302 g/mol. The van der Waals surface area contributed by atoms with Gasteiger partial charge in [-0.15, -0.1) is 11.3 Å². The minimum Gasteiger partial charge on any atom is -0.370 e. The normalized spacial score (nSPS) is 18.9. The first kappa shape index (κ1) is 12.3. The van der Waals surface area contributed by atoms with Crippen LogP contribution >= 0.6 is 27.3 Å². The van der Waals surface area contributed by atoms with Crippen LogP contribution in [0.4, 0.5) is 0 Å². The number of halogens is 1. The van der Waals surface area contributed by atoms with E-state index in [-0.39, 0.29) is 5.78 Å². The van der Waals surface area contributed by atoms with Crippen LogP contribution in [0, 0.1) is 0 Å². The Morgan fingerprint density at radius 1 is 1.56 bits per heavy atom. The molecule has 1 aliphatic rings. The van der Waals surface area contributed by atoms with Crippen LogP contribution in [-0.2, 0) is 16.0 Å². The lowest BCUT2D eigenvalue weighted by Gasteiger charge is -2.25. The van der Waals surface area contributed by atoms with Gasteiger partial charge in [0, 0.05) is 22.9 Å². The SMILES string of the molecule is COC1(C(=O)Cc2sccc2Br)CCCC1. The Morgan fingerprint density at radius 2 is 2.25 bits per heavy atom. The van der Waals surface area contributed by atoms with E-state index in [9.17, 15) is 4.79 Å². The lowest BCUT2D eigenvalue weighted by molar-refractivity contribution is -0.139. The van der Waals surface area contributed by atoms with Crippen LogP contribution in [0.2, 0.25) is 0 Å². The van der Waals surface area contributed by atoms with Crippen LogP contribution in [0.5, 0.6) is 0 Å². The first-order valence-electron chi connectivity index (χ1n) is 5.48. The number of methoxy groups -OCH3 is 1. The highest BCUT2D eigenvalue weighted by Crippen LogP contribution is 2.35. The molecule has 0 unspecified atom stereocenters. The Morgan fingerprint density at radius 3 is 2.75 bits per heavy atom. The van der Waals surface area contributed by atoms with Crippen LogP contribution in [0.25, 0.3) is 0 Å². The molecule has 0 radical (unpaired) electrons. The maximum atomic E-state index is 12.3. The highest BCUT2D eigenvalue weighted by molar-refractivity contribution is 9.10. The van der Waals surface area contributed by atoms with Crippen LogP contribution in [-0.4, -0.2) is 18.5 Å². The molecule has 0 aliphatic heterocycles. The topological polar surface area (TPSA) is 26.3 Å². The Kier molecular flexibility index (Phi) is 3.82. The van der Waals surface area contributed by atoms with Gasteiger partial charge in [0.25, 0.3) is 0 Å². The summed E-state index contributed by atoms with van der Waals surface area (Å²) >= 11 is 5.08. The van der Waals surface area contributed by atoms with Crippen molar-refractivity contribution in [1.29, 1.82) is 0 Å². The summed E-state index contributed by atoms with van der Waals surface area (Å²) in [4.78, 5) is 13.4. The second-order valence-electron chi connectivity index (χ2n) is 4.20. The summed E-state index contributed by atoms with van der Waals surface area (Å²) in [5, 5.41) is 2.00. The second-order valence-corrected chi connectivity index (χ2v) is 6.05. The molecule has 1 aromatic rings. The zero-order chi connectivity index (χ0) is 11.6. The summed E-state index contributed by atoms with van der Waals surface area (Å²) in [5.74, 6) is 0.232. The average Bonchev–Trinajstić information content (AvgIpc) is 2.89. The third kappa shape index (κ3) is 2.24. The van der Waals surface area contributed by atoms with Crippen molar-refractivity contribution < 1.29 is 9.53 Å². The van der Waals surface area contributed by atoms with Crippen molar-refractivity contribution >= 4 is 33.0 Å². The van der Waals surface area contributed by atoms with Gasteiger partial charge in [-0.05, 0) is 53.1 Å². The van der Waals surface area contributed by atoms with Crippen molar-refractivity contribution in [2.45, 2.75) is 37.7 Å². The smallest absolute Gasteiger partial charge is 0.169 e. The van der Waals surface area contributed by atoms with Crippen molar-refractivity contribution in [3.63, 3.8) is 0 Å². The number of carbonyl (C=O) groups is 1. The summed E-state index contributed by atoms with van der Waals surface area (Å²) in [6, 6.07) is 1.99. The highest BCUT2D eigenvalue weighted by atomic mass is 79.9. The van der Waals surface area contributed by atoms with E-state index in [1.807, 2.05) is 11.4 Å². The van der Waals surface area contributed by atoms with Crippen molar-refractivity contribution in [2.75, 3.05) is 7.11 Å². The fourth-order valence-corrected chi connectivity index (χ4v) is 3.79. The van der Waals surface area contributed by atoms with E-state index in [1.54, 1.807) is 18.4 Å². The molecule has 88 valence electrons. The third-order valence-electron chi connectivity index (χ3n) is 3.32. The number of Topliss-reactive ketones (excluding diaryl/α,β-unsaturated/α-hetero) is 1. The third-order valence-corrected chi connectivity index (χ3v) is 5.25. The summed E-state index contributed by atoms with van der Waals surface area (Å²) in [6.45, 7) is 0. The molecule has 0 bridgehead atoms. The van der Waals surface area contributed by atoms with Gasteiger partial charge < -0.3 is 4.74 Å². The van der Waals surface area contributed by atoms with E-state index in [2.05, 4.69) is 15.9 Å². The zero-order valence-electron chi connectivity index (χ0n) is 9.29. The maximum Gasteiger partial charge on any atom is 0.169 e. The molecule has 0 amide bonds. The quantitative estimate of drug-likeness (QED) is 0.850. The number of rotatable bonds is 4. The molecule has 0 N–H and O–H groups in total. The van der Waals surface area contributed by atoms with Gasteiger partial charge in [-0.2, -0.15) is 0 Å². The standard InChI is InChI=1S/C12H15BrO2S/c1-15-12(5-2-3-6-12)11(14)8-10-9(13)4-7-16-10/h4,7H,2-3,5-6,8H2,1H3. The molecular weight excluding hydrogens is 288 g/mol. The average molecular weight is 303 g/mol. The number of carbonyl (C=O) groups excluding carboxylic acids is 1.